The number of aryl methyl sites for hydroxylation is 1. The molecule has 1 aromatic heterocycles. The third kappa shape index (κ3) is 4.72. The Morgan fingerprint density at radius 1 is 1.33 bits per heavy atom. The summed E-state index contributed by atoms with van der Waals surface area (Å²) in [6.07, 6.45) is 1.00. The van der Waals surface area contributed by atoms with Crippen LogP contribution in [0.15, 0.2) is 35.7 Å². The molecule has 1 saturated heterocycles. The van der Waals surface area contributed by atoms with Crippen LogP contribution in [0, 0.1) is 6.92 Å². The summed E-state index contributed by atoms with van der Waals surface area (Å²) in [5.74, 6) is 0.823. The van der Waals surface area contributed by atoms with Gasteiger partial charge in [0.25, 0.3) is 0 Å². The highest BCUT2D eigenvalue weighted by Gasteiger charge is 2.18. The number of rotatable bonds is 6. The van der Waals surface area contributed by atoms with Crippen LogP contribution in [-0.2, 0) is 17.8 Å². The lowest BCUT2D eigenvalue weighted by Gasteiger charge is -2.17. The number of carbonyl (C=O) groups is 1. The van der Waals surface area contributed by atoms with Gasteiger partial charge in [-0.2, -0.15) is 0 Å². The standard InChI is InChI=1S/C18H22N2O3S/c1-13-4-5-14(17(9-13)23-15-6-7-22-12-15)10-19-18(21)20-11-16-3-2-8-24-16/h2-5,8-9,15H,6-7,10-12H2,1H3,(H2,19,20,21)/t15-/m1/s1. The summed E-state index contributed by atoms with van der Waals surface area (Å²) in [6, 6.07) is 9.83. The Morgan fingerprint density at radius 3 is 2.96 bits per heavy atom. The lowest BCUT2D eigenvalue weighted by molar-refractivity contribution is 0.140. The van der Waals surface area contributed by atoms with Crippen LogP contribution in [0.1, 0.15) is 22.4 Å². The molecule has 0 unspecified atom stereocenters. The SMILES string of the molecule is Cc1ccc(CNC(=O)NCc2cccs2)c(O[C@@H]2CCOC2)c1. The zero-order valence-corrected chi connectivity index (χ0v) is 14.5. The summed E-state index contributed by atoms with van der Waals surface area (Å²) in [7, 11) is 0. The Hall–Kier alpha value is -2.05. The topological polar surface area (TPSA) is 59.6 Å². The van der Waals surface area contributed by atoms with E-state index in [1.165, 1.54) is 0 Å². The highest BCUT2D eigenvalue weighted by atomic mass is 32.1. The van der Waals surface area contributed by atoms with Gasteiger partial charge >= 0.3 is 6.03 Å². The van der Waals surface area contributed by atoms with Crippen LogP contribution in [0.2, 0.25) is 0 Å². The van der Waals surface area contributed by atoms with Crippen molar-refractivity contribution >= 4 is 17.4 Å². The summed E-state index contributed by atoms with van der Waals surface area (Å²) in [5, 5.41) is 7.75. The van der Waals surface area contributed by atoms with Crippen LogP contribution in [0.3, 0.4) is 0 Å². The van der Waals surface area contributed by atoms with Gasteiger partial charge in [0, 0.05) is 23.4 Å². The largest absolute Gasteiger partial charge is 0.488 e. The van der Waals surface area contributed by atoms with E-state index in [2.05, 4.69) is 10.6 Å². The zero-order chi connectivity index (χ0) is 16.8. The fourth-order valence-electron chi connectivity index (χ4n) is 2.52. The van der Waals surface area contributed by atoms with Crippen LogP contribution in [0.25, 0.3) is 0 Å². The van der Waals surface area contributed by atoms with Crippen molar-refractivity contribution in [1.82, 2.24) is 10.6 Å². The third-order valence-corrected chi connectivity index (χ3v) is 4.72. The second-order valence-corrected chi connectivity index (χ2v) is 6.86. The zero-order valence-electron chi connectivity index (χ0n) is 13.7. The molecule has 0 bridgehead atoms. The van der Waals surface area contributed by atoms with Crippen molar-refractivity contribution in [3.8, 4) is 5.75 Å². The number of thiophene rings is 1. The predicted molar refractivity (Wildman–Crippen MR) is 94.4 cm³/mol. The molecule has 2 amide bonds. The summed E-state index contributed by atoms with van der Waals surface area (Å²) < 4.78 is 11.4. The van der Waals surface area contributed by atoms with Crippen LogP contribution in [-0.4, -0.2) is 25.3 Å². The van der Waals surface area contributed by atoms with Gasteiger partial charge in [-0.15, -0.1) is 11.3 Å². The second kappa shape index (κ2) is 8.17. The Bertz CT molecular complexity index is 667. The van der Waals surface area contributed by atoms with E-state index in [1.807, 2.05) is 42.6 Å². The number of urea groups is 1. The number of benzene rings is 1. The second-order valence-electron chi connectivity index (χ2n) is 5.83. The molecule has 2 aromatic rings. The van der Waals surface area contributed by atoms with E-state index in [9.17, 15) is 4.79 Å². The third-order valence-electron chi connectivity index (χ3n) is 3.85. The van der Waals surface area contributed by atoms with Crippen molar-refractivity contribution in [2.24, 2.45) is 0 Å². The van der Waals surface area contributed by atoms with Crippen molar-refractivity contribution in [2.45, 2.75) is 32.5 Å². The summed E-state index contributed by atoms with van der Waals surface area (Å²) in [5.41, 5.74) is 2.11. The summed E-state index contributed by atoms with van der Waals surface area (Å²) in [4.78, 5) is 13.1. The van der Waals surface area contributed by atoms with Crippen molar-refractivity contribution in [3.05, 3.63) is 51.7 Å². The highest BCUT2D eigenvalue weighted by Crippen LogP contribution is 2.23. The minimum Gasteiger partial charge on any atom is -0.488 e. The Kier molecular flexibility index (Phi) is 5.72. The number of hydrogen-bond donors (Lipinski definition) is 2. The average Bonchev–Trinajstić information content (AvgIpc) is 3.26. The molecule has 3 rings (SSSR count). The molecule has 1 aromatic carbocycles. The first-order chi connectivity index (χ1) is 11.7. The van der Waals surface area contributed by atoms with Crippen LogP contribution >= 0.6 is 11.3 Å². The fraction of sp³-hybridized carbons (Fsp3) is 0.389. The molecule has 1 atom stereocenters. The maximum absolute atomic E-state index is 12.0. The Labute approximate surface area is 146 Å². The molecule has 6 heteroatoms. The van der Waals surface area contributed by atoms with Crippen molar-refractivity contribution in [1.29, 1.82) is 0 Å². The van der Waals surface area contributed by atoms with Gasteiger partial charge < -0.3 is 20.1 Å². The summed E-state index contributed by atoms with van der Waals surface area (Å²) >= 11 is 1.63. The molecule has 1 aliphatic heterocycles. The smallest absolute Gasteiger partial charge is 0.315 e. The number of amides is 2. The van der Waals surface area contributed by atoms with Crippen molar-refractivity contribution in [2.75, 3.05) is 13.2 Å². The molecule has 2 N–H and O–H groups in total. The van der Waals surface area contributed by atoms with Gasteiger partial charge in [-0.3, -0.25) is 0 Å². The fourth-order valence-corrected chi connectivity index (χ4v) is 3.17. The number of nitrogens with one attached hydrogen (secondary N) is 2. The minimum absolute atomic E-state index is 0.0956. The maximum atomic E-state index is 12.0. The van der Waals surface area contributed by atoms with Gasteiger partial charge in [0.2, 0.25) is 0 Å². The van der Waals surface area contributed by atoms with Crippen LogP contribution in [0.4, 0.5) is 4.79 Å². The average molecular weight is 346 g/mol. The van der Waals surface area contributed by atoms with E-state index in [4.69, 9.17) is 9.47 Å². The lowest BCUT2D eigenvalue weighted by Crippen LogP contribution is -2.34. The van der Waals surface area contributed by atoms with Gasteiger partial charge in [-0.1, -0.05) is 18.2 Å². The lowest BCUT2D eigenvalue weighted by atomic mass is 10.1. The van der Waals surface area contributed by atoms with Gasteiger partial charge in [-0.05, 0) is 30.0 Å². The monoisotopic (exact) mass is 346 g/mol. The molecular formula is C18H22N2O3S. The van der Waals surface area contributed by atoms with E-state index in [0.29, 0.717) is 19.7 Å². The predicted octanol–water partition coefficient (Wildman–Crippen LogP) is 3.22. The molecule has 5 nitrogen and oxygen atoms in total. The van der Waals surface area contributed by atoms with Gasteiger partial charge in [0.15, 0.2) is 0 Å². The first-order valence-electron chi connectivity index (χ1n) is 8.09. The number of ether oxygens (including phenoxy) is 2. The molecule has 128 valence electrons. The molecule has 0 spiro atoms. The molecule has 0 saturated carbocycles. The summed E-state index contributed by atoms with van der Waals surface area (Å²) in [6.45, 7) is 4.37. The molecule has 0 radical (unpaired) electrons. The molecule has 1 aliphatic rings. The number of hydrogen-bond acceptors (Lipinski definition) is 4. The van der Waals surface area contributed by atoms with Crippen molar-refractivity contribution in [3.63, 3.8) is 0 Å². The first-order valence-corrected chi connectivity index (χ1v) is 8.96. The van der Waals surface area contributed by atoms with Gasteiger partial charge in [-0.25, -0.2) is 4.79 Å². The Balaban J connectivity index is 1.54. The number of carbonyl (C=O) groups excluding carboxylic acids is 1. The van der Waals surface area contributed by atoms with Gasteiger partial charge in [0.1, 0.15) is 11.9 Å². The molecule has 0 aliphatic carbocycles. The molecule has 24 heavy (non-hydrogen) atoms. The van der Waals surface area contributed by atoms with E-state index in [-0.39, 0.29) is 12.1 Å². The first kappa shape index (κ1) is 16.8. The van der Waals surface area contributed by atoms with E-state index in [0.717, 1.165) is 34.8 Å². The highest BCUT2D eigenvalue weighted by molar-refractivity contribution is 7.09. The molecular weight excluding hydrogens is 324 g/mol. The van der Waals surface area contributed by atoms with Gasteiger partial charge in [0.05, 0.1) is 19.8 Å². The van der Waals surface area contributed by atoms with Crippen LogP contribution < -0.4 is 15.4 Å². The quantitative estimate of drug-likeness (QED) is 0.844. The van der Waals surface area contributed by atoms with E-state index in [1.54, 1.807) is 11.3 Å². The normalized spacial score (nSPS) is 16.8. The van der Waals surface area contributed by atoms with E-state index >= 15 is 0 Å². The molecule has 2 heterocycles. The minimum atomic E-state index is -0.181. The maximum Gasteiger partial charge on any atom is 0.315 e. The van der Waals surface area contributed by atoms with E-state index < -0.39 is 0 Å². The Morgan fingerprint density at radius 2 is 2.21 bits per heavy atom. The van der Waals surface area contributed by atoms with Crippen molar-refractivity contribution < 1.29 is 14.3 Å². The van der Waals surface area contributed by atoms with Crippen LogP contribution in [0.5, 0.6) is 5.75 Å². The molecule has 1 fully saturated rings.